The first-order chi connectivity index (χ1) is 13.1. The van der Waals surface area contributed by atoms with Crippen molar-refractivity contribution in [3.8, 4) is 0 Å². The van der Waals surface area contributed by atoms with E-state index < -0.39 is 0 Å². The molecule has 0 bridgehead atoms. The van der Waals surface area contributed by atoms with Crippen molar-refractivity contribution in [2.24, 2.45) is 4.99 Å². The van der Waals surface area contributed by atoms with Crippen molar-refractivity contribution in [3.05, 3.63) is 71.0 Å². The number of nitrogens with one attached hydrogen (secondary N) is 3. The van der Waals surface area contributed by atoms with Crippen LogP contribution in [-0.4, -0.2) is 32.5 Å². The zero-order valence-corrected chi connectivity index (χ0v) is 15.7. The van der Waals surface area contributed by atoms with Crippen LogP contribution in [-0.2, 0) is 12.0 Å². The maximum atomic E-state index is 14.1. The Balaban J connectivity index is 1.54. The molecule has 1 fully saturated rings. The molecule has 0 atom stereocenters. The lowest BCUT2D eigenvalue weighted by Crippen LogP contribution is -2.41. The quantitative estimate of drug-likeness (QED) is 0.542. The molecule has 0 aromatic heterocycles. The highest BCUT2D eigenvalue weighted by Gasteiger charge is 2.45. The van der Waals surface area contributed by atoms with E-state index in [0.717, 1.165) is 24.0 Å². The zero-order chi connectivity index (χ0) is 19.3. The van der Waals surface area contributed by atoms with Crippen LogP contribution in [0.25, 0.3) is 0 Å². The minimum absolute atomic E-state index is 0.102. The molecule has 6 heteroatoms. The van der Waals surface area contributed by atoms with Gasteiger partial charge < -0.3 is 16.0 Å². The molecular formula is C21H25FN4O. The first kappa shape index (κ1) is 18.9. The van der Waals surface area contributed by atoms with Crippen LogP contribution in [0.4, 0.5) is 4.39 Å². The van der Waals surface area contributed by atoms with Gasteiger partial charge in [-0.15, -0.1) is 0 Å². The topological polar surface area (TPSA) is 65.5 Å². The lowest BCUT2D eigenvalue weighted by Gasteiger charge is -2.19. The SMILES string of the molecule is CN=C(NCc1ccc(C(=O)NC)cc1)NCC1(c2ccccc2F)CC1. The summed E-state index contributed by atoms with van der Waals surface area (Å²) in [6.07, 6.45) is 1.94. The number of carbonyl (C=O) groups is 1. The zero-order valence-electron chi connectivity index (χ0n) is 15.7. The van der Waals surface area contributed by atoms with Gasteiger partial charge in [0.2, 0.25) is 0 Å². The highest BCUT2D eigenvalue weighted by atomic mass is 19.1. The first-order valence-corrected chi connectivity index (χ1v) is 9.08. The fourth-order valence-electron chi connectivity index (χ4n) is 3.16. The first-order valence-electron chi connectivity index (χ1n) is 9.08. The van der Waals surface area contributed by atoms with E-state index in [9.17, 15) is 9.18 Å². The Hall–Kier alpha value is -2.89. The Kier molecular flexibility index (Phi) is 5.74. The third-order valence-corrected chi connectivity index (χ3v) is 5.02. The summed E-state index contributed by atoms with van der Waals surface area (Å²) in [4.78, 5) is 15.8. The summed E-state index contributed by atoms with van der Waals surface area (Å²) in [6, 6.07) is 14.4. The number of hydrogen-bond acceptors (Lipinski definition) is 2. The van der Waals surface area contributed by atoms with Crippen molar-refractivity contribution in [1.29, 1.82) is 0 Å². The molecule has 5 nitrogen and oxygen atoms in total. The van der Waals surface area contributed by atoms with Gasteiger partial charge >= 0.3 is 0 Å². The fraction of sp³-hybridized carbons (Fsp3) is 0.333. The lowest BCUT2D eigenvalue weighted by molar-refractivity contribution is 0.0963. The van der Waals surface area contributed by atoms with Crippen molar-refractivity contribution >= 4 is 11.9 Å². The molecule has 1 aliphatic rings. The van der Waals surface area contributed by atoms with Crippen LogP contribution < -0.4 is 16.0 Å². The van der Waals surface area contributed by atoms with Crippen molar-refractivity contribution < 1.29 is 9.18 Å². The number of amides is 1. The highest BCUT2D eigenvalue weighted by molar-refractivity contribution is 5.93. The van der Waals surface area contributed by atoms with Crippen LogP contribution >= 0.6 is 0 Å². The summed E-state index contributed by atoms with van der Waals surface area (Å²) in [5.41, 5.74) is 2.31. The van der Waals surface area contributed by atoms with E-state index in [0.29, 0.717) is 24.6 Å². The molecule has 2 aromatic carbocycles. The molecule has 1 saturated carbocycles. The lowest BCUT2D eigenvalue weighted by atomic mass is 9.95. The molecule has 3 N–H and O–H groups in total. The monoisotopic (exact) mass is 368 g/mol. The minimum atomic E-state index is -0.143. The van der Waals surface area contributed by atoms with E-state index in [2.05, 4.69) is 20.9 Å². The maximum absolute atomic E-state index is 14.1. The Morgan fingerprint density at radius 1 is 1.11 bits per heavy atom. The van der Waals surface area contributed by atoms with Gasteiger partial charge in [0.1, 0.15) is 5.82 Å². The molecule has 0 unspecified atom stereocenters. The summed E-state index contributed by atoms with van der Waals surface area (Å²) >= 11 is 0. The van der Waals surface area contributed by atoms with Crippen molar-refractivity contribution in [2.75, 3.05) is 20.6 Å². The van der Waals surface area contributed by atoms with E-state index in [1.807, 2.05) is 24.3 Å². The molecule has 0 aliphatic heterocycles. The molecule has 27 heavy (non-hydrogen) atoms. The highest BCUT2D eigenvalue weighted by Crippen LogP contribution is 2.48. The largest absolute Gasteiger partial charge is 0.356 e. The van der Waals surface area contributed by atoms with Crippen molar-refractivity contribution in [3.63, 3.8) is 0 Å². The number of halogens is 1. The normalized spacial score (nSPS) is 15.1. The van der Waals surface area contributed by atoms with E-state index in [1.165, 1.54) is 6.07 Å². The Labute approximate surface area is 159 Å². The number of nitrogens with zero attached hydrogens (tertiary/aromatic N) is 1. The minimum Gasteiger partial charge on any atom is -0.356 e. The van der Waals surface area contributed by atoms with Gasteiger partial charge in [-0.1, -0.05) is 30.3 Å². The van der Waals surface area contributed by atoms with E-state index in [4.69, 9.17) is 0 Å². The Morgan fingerprint density at radius 2 is 1.81 bits per heavy atom. The molecule has 142 valence electrons. The second-order valence-electron chi connectivity index (χ2n) is 6.82. The van der Waals surface area contributed by atoms with Gasteiger partial charge in [0.25, 0.3) is 5.91 Å². The second-order valence-corrected chi connectivity index (χ2v) is 6.82. The summed E-state index contributed by atoms with van der Waals surface area (Å²) in [7, 11) is 3.33. The molecule has 0 heterocycles. The number of hydrogen-bond donors (Lipinski definition) is 3. The number of benzene rings is 2. The maximum Gasteiger partial charge on any atom is 0.251 e. The van der Waals surface area contributed by atoms with Gasteiger partial charge in [-0.25, -0.2) is 4.39 Å². The van der Waals surface area contributed by atoms with Crippen LogP contribution in [0, 0.1) is 5.82 Å². The number of rotatable bonds is 6. The molecule has 1 amide bonds. The smallest absolute Gasteiger partial charge is 0.251 e. The van der Waals surface area contributed by atoms with Crippen LogP contribution in [0.1, 0.15) is 34.3 Å². The van der Waals surface area contributed by atoms with Gasteiger partial charge in [-0.05, 0) is 42.2 Å². The average molecular weight is 368 g/mol. The molecule has 3 rings (SSSR count). The molecular weight excluding hydrogens is 343 g/mol. The van der Waals surface area contributed by atoms with Crippen molar-refractivity contribution in [1.82, 2.24) is 16.0 Å². The Morgan fingerprint density at radius 3 is 2.41 bits per heavy atom. The molecule has 0 saturated heterocycles. The summed E-state index contributed by atoms with van der Waals surface area (Å²) in [5.74, 6) is 0.429. The third kappa shape index (κ3) is 4.45. The second kappa shape index (κ2) is 8.20. The predicted octanol–water partition coefficient (Wildman–Crippen LogP) is 2.58. The van der Waals surface area contributed by atoms with E-state index in [-0.39, 0.29) is 17.1 Å². The van der Waals surface area contributed by atoms with Gasteiger partial charge in [0.05, 0.1) is 0 Å². The molecule has 0 spiro atoms. The molecule has 0 radical (unpaired) electrons. The van der Waals surface area contributed by atoms with Gasteiger partial charge in [0, 0.05) is 38.2 Å². The molecule has 1 aliphatic carbocycles. The number of guanidine groups is 1. The van der Waals surface area contributed by atoms with Crippen LogP contribution in [0.15, 0.2) is 53.5 Å². The van der Waals surface area contributed by atoms with Crippen molar-refractivity contribution in [2.45, 2.75) is 24.8 Å². The van der Waals surface area contributed by atoms with E-state index >= 15 is 0 Å². The summed E-state index contributed by atoms with van der Waals surface area (Å²) in [5, 5.41) is 9.18. The number of aliphatic imine (C=N–C) groups is 1. The van der Waals surface area contributed by atoms with Crippen LogP contribution in [0.5, 0.6) is 0 Å². The van der Waals surface area contributed by atoms with Gasteiger partial charge in [-0.2, -0.15) is 0 Å². The summed E-state index contributed by atoms with van der Waals surface area (Å²) < 4.78 is 14.1. The standard InChI is InChI=1S/C21H25FN4O/c1-23-19(27)16-9-7-15(8-10-16)13-25-20(24-2)26-14-21(11-12-21)17-5-3-4-6-18(17)22/h3-10H,11-14H2,1-2H3,(H,23,27)(H2,24,25,26). The third-order valence-electron chi connectivity index (χ3n) is 5.02. The van der Waals surface area contributed by atoms with Crippen LogP contribution in [0.3, 0.4) is 0 Å². The van der Waals surface area contributed by atoms with Crippen LogP contribution in [0.2, 0.25) is 0 Å². The molecule has 2 aromatic rings. The average Bonchev–Trinajstić information content (AvgIpc) is 3.49. The fourth-order valence-corrected chi connectivity index (χ4v) is 3.16. The van der Waals surface area contributed by atoms with Gasteiger partial charge in [0.15, 0.2) is 5.96 Å². The Bertz CT molecular complexity index is 828. The van der Waals surface area contributed by atoms with Gasteiger partial charge in [-0.3, -0.25) is 9.79 Å². The van der Waals surface area contributed by atoms with E-state index in [1.54, 1.807) is 32.3 Å². The number of carbonyl (C=O) groups excluding carboxylic acids is 1. The predicted molar refractivity (Wildman–Crippen MR) is 105 cm³/mol. The summed E-state index contributed by atoms with van der Waals surface area (Å²) in [6.45, 7) is 1.23.